The Morgan fingerprint density at radius 3 is 2.77 bits per heavy atom. The molecule has 68 valence electrons. The molecule has 1 rings (SSSR count). The van der Waals surface area contributed by atoms with Crippen LogP contribution < -0.4 is 11.2 Å². The van der Waals surface area contributed by atoms with Gasteiger partial charge in [0, 0.05) is 0 Å². The number of benzene rings is 1. The van der Waals surface area contributed by atoms with Gasteiger partial charge in [0.05, 0.1) is 12.8 Å². The van der Waals surface area contributed by atoms with E-state index in [4.69, 9.17) is 5.73 Å². The van der Waals surface area contributed by atoms with E-state index in [9.17, 15) is 4.79 Å². The fourth-order valence-electron chi connectivity index (χ4n) is 0.764. The topological polar surface area (TPSA) is 67.5 Å². The molecule has 0 saturated heterocycles. The minimum Gasteiger partial charge on any atom is -0.322 e. The second-order valence-electron chi connectivity index (χ2n) is 2.41. The molecule has 1 aromatic rings. The van der Waals surface area contributed by atoms with Gasteiger partial charge in [-0.3, -0.25) is 4.79 Å². The summed E-state index contributed by atoms with van der Waals surface area (Å²) in [7, 11) is 0. The monoisotopic (exact) mass is 177 g/mol. The number of carbonyl (C=O) groups is 1. The zero-order chi connectivity index (χ0) is 9.52. The summed E-state index contributed by atoms with van der Waals surface area (Å²) in [5, 5.41) is 3.71. The van der Waals surface area contributed by atoms with Crippen LogP contribution in [-0.4, -0.2) is 18.7 Å². The third-order valence-corrected chi connectivity index (χ3v) is 1.39. The van der Waals surface area contributed by atoms with Crippen molar-refractivity contribution in [2.45, 2.75) is 0 Å². The van der Waals surface area contributed by atoms with Crippen molar-refractivity contribution in [2.75, 3.05) is 6.54 Å². The molecule has 0 aliphatic heterocycles. The highest BCUT2D eigenvalue weighted by Gasteiger charge is 1.90. The number of hydrogen-bond donors (Lipinski definition) is 2. The van der Waals surface area contributed by atoms with E-state index >= 15 is 0 Å². The Balaban J connectivity index is 2.45. The summed E-state index contributed by atoms with van der Waals surface area (Å²) in [5.41, 5.74) is 8.28. The average molecular weight is 177 g/mol. The summed E-state index contributed by atoms with van der Waals surface area (Å²) >= 11 is 0. The van der Waals surface area contributed by atoms with Crippen molar-refractivity contribution in [1.82, 2.24) is 5.43 Å². The Morgan fingerprint density at radius 2 is 2.15 bits per heavy atom. The predicted molar refractivity (Wildman–Crippen MR) is 51.2 cm³/mol. The number of nitrogens with one attached hydrogen (secondary N) is 1. The number of nitrogens with two attached hydrogens (primary N) is 1. The fraction of sp³-hybridized carbons (Fsp3) is 0.111. The summed E-state index contributed by atoms with van der Waals surface area (Å²) in [6.07, 6.45) is 1.56. The van der Waals surface area contributed by atoms with Gasteiger partial charge in [-0.25, -0.2) is 5.43 Å². The predicted octanol–water partition coefficient (Wildman–Crippen LogP) is 0.0954. The van der Waals surface area contributed by atoms with E-state index in [2.05, 4.69) is 10.5 Å². The third-order valence-electron chi connectivity index (χ3n) is 1.39. The van der Waals surface area contributed by atoms with Crippen LogP contribution in [0.2, 0.25) is 0 Å². The molecule has 0 unspecified atom stereocenters. The van der Waals surface area contributed by atoms with E-state index in [1.807, 2.05) is 30.3 Å². The Morgan fingerprint density at radius 1 is 1.46 bits per heavy atom. The molecule has 0 aromatic heterocycles. The molecule has 0 spiro atoms. The lowest BCUT2D eigenvalue weighted by atomic mass is 10.2. The normalized spacial score (nSPS) is 10.2. The fourth-order valence-corrected chi connectivity index (χ4v) is 0.764. The van der Waals surface area contributed by atoms with Crippen LogP contribution in [0.5, 0.6) is 0 Å². The Kier molecular flexibility index (Phi) is 3.66. The van der Waals surface area contributed by atoms with Crippen LogP contribution in [-0.2, 0) is 4.79 Å². The maximum atomic E-state index is 10.7. The van der Waals surface area contributed by atoms with Gasteiger partial charge in [0.15, 0.2) is 0 Å². The van der Waals surface area contributed by atoms with Crippen molar-refractivity contribution < 1.29 is 4.79 Å². The van der Waals surface area contributed by atoms with Crippen molar-refractivity contribution in [2.24, 2.45) is 10.8 Å². The lowest BCUT2D eigenvalue weighted by Crippen LogP contribution is -2.26. The summed E-state index contributed by atoms with van der Waals surface area (Å²) < 4.78 is 0. The summed E-state index contributed by atoms with van der Waals surface area (Å²) in [6.45, 7) is -0.0495. The number of rotatable bonds is 3. The van der Waals surface area contributed by atoms with Gasteiger partial charge in [-0.15, -0.1) is 0 Å². The Hall–Kier alpha value is -1.68. The lowest BCUT2D eigenvalue weighted by Gasteiger charge is -1.94. The van der Waals surface area contributed by atoms with Gasteiger partial charge in [-0.05, 0) is 5.56 Å². The highest BCUT2D eigenvalue weighted by atomic mass is 16.2. The first kappa shape index (κ1) is 9.41. The summed E-state index contributed by atoms with van der Waals surface area (Å²) in [5.74, 6) is -0.299. The lowest BCUT2D eigenvalue weighted by molar-refractivity contribution is -0.119. The van der Waals surface area contributed by atoms with Gasteiger partial charge in [-0.1, -0.05) is 30.3 Å². The van der Waals surface area contributed by atoms with Gasteiger partial charge in [0.2, 0.25) is 0 Å². The minimum atomic E-state index is -0.299. The number of carbonyl (C=O) groups excluding carboxylic acids is 1. The largest absolute Gasteiger partial charge is 0.322 e. The molecule has 0 radical (unpaired) electrons. The molecule has 4 heteroatoms. The second-order valence-corrected chi connectivity index (χ2v) is 2.41. The Bertz CT molecular complexity index is 295. The van der Waals surface area contributed by atoms with E-state index in [1.165, 1.54) is 0 Å². The molecular weight excluding hydrogens is 166 g/mol. The van der Waals surface area contributed by atoms with Crippen molar-refractivity contribution in [3.63, 3.8) is 0 Å². The Labute approximate surface area is 76.4 Å². The summed E-state index contributed by atoms with van der Waals surface area (Å²) in [6, 6.07) is 9.48. The maximum Gasteiger partial charge on any atom is 0.253 e. The van der Waals surface area contributed by atoms with E-state index in [0.29, 0.717) is 0 Å². The van der Waals surface area contributed by atoms with Crippen LogP contribution in [0.1, 0.15) is 5.56 Å². The molecular formula is C9H11N3O. The van der Waals surface area contributed by atoms with Gasteiger partial charge in [0.1, 0.15) is 0 Å². The third kappa shape index (κ3) is 3.48. The number of hydrazone groups is 1. The van der Waals surface area contributed by atoms with E-state index < -0.39 is 0 Å². The average Bonchev–Trinajstić information content (AvgIpc) is 2.19. The first-order valence-corrected chi connectivity index (χ1v) is 3.90. The molecule has 0 saturated carbocycles. The molecule has 4 nitrogen and oxygen atoms in total. The van der Waals surface area contributed by atoms with Crippen LogP contribution in [0.15, 0.2) is 35.4 Å². The maximum absolute atomic E-state index is 10.7. The van der Waals surface area contributed by atoms with Crippen molar-refractivity contribution in [3.8, 4) is 0 Å². The van der Waals surface area contributed by atoms with Gasteiger partial charge >= 0.3 is 0 Å². The molecule has 13 heavy (non-hydrogen) atoms. The standard InChI is InChI=1S/C9H11N3O/c10-6-9(13)12-11-7-8-4-2-1-3-5-8/h1-5,7H,6,10H2,(H,12,13)/b11-7-. The van der Waals surface area contributed by atoms with Crippen molar-refractivity contribution in [3.05, 3.63) is 35.9 Å². The first-order chi connectivity index (χ1) is 6.33. The number of amides is 1. The van der Waals surface area contributed by atoms with Crippen LogP contribution in [0.3, 0.4) is 0 Å². The van der Waals surface area contributed by atoms with Crippen LogP contribution in [0.25, 0.3) is 0 Å². The highest BCUT2D eigenvalue weighted by Crippen LogP contribution is 1.92. The van der Waals surface area contributed by atoms with E-state index in [1.54, 1.807) is 6.21 Å². The number of nitrogens with zero attached hydrogens (tertiary/aromatic N) is 1. The zero-order valence-corrected chi connectivity index (χ0v) is 7.10. The van der Waals surface area contributed by atoms with Gasteiger partial charge < -0.3 is 5.73 Å². The second kappa shape index (κ2) is 5.05. The van der Waals surface area contributed by atoms with Gasteiger partial charge in [-0.2, -0.15) is 5.10 Å². The molecule has 0 aliphatic rings. The quantitative estimate of drug-likeness (QED) is 0.507. The van der Waals surface area contributed by atoms with Crippen molar-refractivity contribution in [1.29, 1.82) is 0 Å². The summed E-state index contributed by atoms with van der Waals surface area (Å²) in [4.78, 5) is 10.7. The van der Waals surface area contributed by atoms with Crippen LogP contribution in [0, 0.1) is 0 Å². The molecule has 0 fully saturated rings. The SMILES string of the molecule is NCC(=O)N/N=C\c1ccccc1. The van der Waals surface area contributed by atoms with E-state index in [0.717, 1.165) is 5.56 Å². The molecule has 0 atom stereocenters. The van der Waals surface area contributed by atoms with Crippen LogP contribution in [0.4, 0.5) is 0 Å². The molecule has 0 bridgehead atoms. The molecule has 1 aromatic carbocycles. The molecule has 0 aliphatic carbocycles. The minimum absolute atomic E-state index is 0.0495. The highest BCUT2D eigenvalue weighted by molar-refractivity contribution is 5.82. The molecule has 3 N–H and O–H groups in total. The molecule has 0 heterocycles. The first-order valence-electron chi connectivity index (χ1n) is 3.90. The zero-order valence-electron chi connectivity index (χ0n) is 7.10. The van der Waals surface area contributed by atoms with Crippen LogP contribution >= 0.6 is 0 Å². The van der Waals surface area contributed by atoms with Gasteiger partial charge in [0.25, 0.3) is 5.91 Å². The smallest absolute Gasteiger partial charge is 0.253 e. The molecule has 1 amide bonds. The van der Waals surface area contributed by atoms with Crippen molar-refractivity contribution >= 4 is 12.1 Å². The number of hydrogen-bond acceptors (Lipinski definition) is 3. The van der Waals surface area contributed by atoms with E-state index in [-0.39, 0.29) is 12.5 Å².